The second kappa shape index (κ2) is 5.77. The molecule has 1 rings (SSSR count). The fourth-order valence-corrected chi connectivity index (χ4v) is 2.76. The van der Waals surface area contributed by atoms with Crippen LogP contribution in [0, 0.1) is 5.92 Å². The monoisotopic (exact) mass is 230 g/mol. The van der Waals surface area contributed by atoms with E-state index in [1.54, 1.807) is 0 Å². The Balaban J connectivity index is 2.51. The minimum atomic E-state index is 0.321. The summed E-state index contributed by atoms with van der Waals surface area (Å²) in [6.45, 7) is 6.60. The largest absolute Gasteiger partial charge is 0.145 e. The van der Waals surface area contributed by atoms with Crippen LogP contribution in [0.25, 0.3) is 0 Å². The Labute approximate surface area is 96.3 Å². The first-order chi connectivity index (χ1) is 6.67. The minimum absolute atomic E-state index is 0.321. The lowest BCUT2D eigenvalue weighted by Crippen LogP contribution is -2.12. The first-order valence-corrected chi connectivity index (χ1v) is 6.64. The molecule has 1 aromatic rings. The molecular formula is C12H19ClS. The van der Waals surface area contributed by atoms with Gasteiger partial charge in [0.2, 0.25) is 0 Å². The number of alkyl halides is 1. The van der Waals surface area contributed by atoms with Gasteiger partial charge in [0, 0.05) is 15.1 Å². The summed E-state index contributed by atoms with van der Waals surface area (Å²) in [5.74, 6) is 0.588. The molecule has 0 saturated carbocycles. The van der Waals surface area contributed by atoms with Gasteiger partial charge in [-0.1, -0.05) is 20.8 Å². The zero-order valence-electron chi connectivity index (χ0n) is 9.22. The van der Waals surface area contributed by atoms with Crippen molar-refractivity contribution in [3.8, 4) is 0 Å². The number of aryl methyl sites for hydroxylation is 1. The van der Waals surface area contributed by atoms with Crippen molar-refractivity contribution in [2.45, 2.75) is 45.4 Å². The number of thiophene rings is 1. The predicted octanol–water partition coefficient (Wildman–Crippen LogP) is 4.51. The molecule has 0 nitrogen and oxygen atoms in total. The van der Waals surface area contributed by atoms with Crippen molar-refractivity contribution in [3.63, 3.8) is 0 Å². The molecule has 2 unspecified atom stereocenters. The van der Waals surface area contributed by atoms with Crippen LogP contribution in [-0.4, -0.2) is 5.38 Å². The molecule has 0 N–H and O–H groups in total. The maximum atomic E-state index is 6.21. The fourth-order valence-electron chi connectivity index (χ4n) is 1.57. The molecule has 0 amide bonds. The summed E-state index contributed by atoms with van der Waals surface area (Å²) < 4.78 is 0. The third-order valence-corrected chi connectivity index (χ3v) is 4.59. The van der Waals surface area contributed by atoms with Crippen LogP contribution in [0.1, 0.15) is 36.9 Å². The van der Waals surface area contributed by atoms with E-state index in [0.29, 0.717) is 11.3 Å². The van der Waals surface area contributed by atoms with Gasteiger partial charge >= 0.3 is 0 Å². The summed E-state index contributed by atoms with van der Waals surface area (Å²) in [6.07, 6.45) is 3.35. The van der Waals surface area contributed by atoms with Crippen LogP contribution in [0.4, 0.5) is 0 Å². The van der Waals surface area contributed by atoms with Gasteiger partial charge in [-0.05, 0) is 37.3 Å². The Hall–Kier alpha value is -0.0100. The maximum Gasteiger partial charge on any atom is 0.0362 e. The molecule has 0 saturated heterocycles. The van der Waals surface area contributed by atoms with Crippen molar-refractivity contribution < 1.29 is 0 Å². The number of rotatable bonds is 5. The molecule has 1 aromatic heterocycles. The van der Waals surface area contributed by atoms with Crippen LogP contribution in [-0.2, 0) is 12.8 Å². The van der Waals surface area contributed by atoms with Crippen molar-refractivity contribution in [3.05, 3.63) is 21.9 Å². The molecule has 0 spiro atoms. The van der Waals surface area contributed by atoms with Crippen LogP contribution in [0.15, 0.2) is 12.1 Å². The third-order valence-electron chi connectivity index (χ3n) is 2.60. The quantitative estimate of drug-likeness (QED) is 0.654. The van der Waals surface area contributed by atoms with E-state index >= 15 is 0 Å². The Morgan fingerprint density at radius 3 is 2.43 bits per heavy atom. The van der Waals surface area contributed by atoms with Crippen molar-refractivity contribution >= 4 is 22.9 Å². The second-order valence-electron chi connectivity index (χ2n) is 3.83. The molecule has 2 heteroatoms. The molecule has 14 heavy (non-hydrogen) atoms. The van der Waals surface area contributed by atoms with E-state index in [1.807, 2.05) is 11.3 Å². The van der Waals surface area contributed by atoms with Gasteiger partial charge in [0.15, 0.2) is 0 Å². The summed E-state index contributed by atoms with van der Waals surface area (Å²) >= 11 is 8.14. The van der Waals surface area contributed by atoms with E-state index in [4.69, 9.17) is 11.6 Å². The van der Waals surface area contributed by atoms with E-state index in [0.717, 1.165) is 19.3 Å². The predicted molar refractivity (Wildman–Crippen MR) is 66.5 cm³/mol. The molecule has 0 aromatic carbocycles. The highest BCUT2D eigenvalue weighted by atomic mass is 35.5. The number of halogens is 1. The summed E-state index contributed by atoms with van der Waals surface area (Å²) in [6, 6.07) is 4.49. The standard InChI is InChI=1S/C12H19ClS/c1-4-10-6-7-11(14-10)8-9(3)12(13)5-2/h6-7,9,12H,4-5,8H2,1-3H3. The molecule has 0 fully saturated rings. The number of hydrogen-bond acceptors (Lipinski definition) is 1. The summed E-state index contributed by atoms with van der Waals surface area (Å²) in [4.78, 5) is 2.96. The first-order valence-electron chi connectivity index (χ1n) is 5.39. The molecule has 80 valence electrons. The van der Waals surface area contributed by atoms with Crippen LogP contribution in [0.3, 0.4) is 0 Å². The molecular weight excluding hydrogens is 212 g/mol. The third kappa shape index (κ3) is 3.29. The minimum Gasteiger partial charge on any atom is -0.145 e. The lowest BCUT2D eigenvalue weighted by molar-refractivity contribution is 0.535. The smallest absolute Gasteiger partial charge is 0.0362 e. The van der Waals surface area contributed by atoms with Gasteiger partial charge in [0.05, 0.1) is 0 Å². The molecule has 0 aliphatic carbocycles. The van der Waals surface area contributed by atoms with E-state index in [9.17, 15) is 0 Å². The molecule has 0 aliphatic rings. The van der Waals surface area contributed by atoms with Crippen LogP contribution >= 0.6 is 22.9 Å². The SMILES string of the molecule is CCc1ccc(CC(C)C(Cl)CC)s1. The zero-order valence-corrected chi connectivity index (χ0v) is 10.8. The average Bonchev–Trinajstić information content (AvgIpc) is 2.64. The normalized spacial score (nSPS) is 15.4. The highest BCUT2D eigenvalue weighted by Crippen LogP contribution is 2.24. The molecule has 2 atom stereocenters. The highest BCUT2D eigenvalue weighted by molar-refractivity contribution is 7.11. The zero-order chi connectivity index (χ0) is 10.6. The van der Waals surface area contributed by atoms with Gasteiger partial charge < -0.3 is 0 Å². The summed E-state index contributed by atoms with van der Waals surface area (Å²) in [5, 5.41) is 0.321. The fraction of sp³-hybridized carbons (Fsp3) is 0.667. The Kier molecular flexibility index (Phi) is 4.97. The maximum absolute atomic E-state index is 6.21. The van der Waals surface area contributed by atoms with E-state index < -0.39 is 0 Å². The molecule has 1 heterocycles. The van der Waals surface area contributed by atoms with Crippen molar-refractivity contribution in [1.29, 1.82) is 0 Å². The number of hydrogen-bond donors (Lipinski definition) is 0. The Morgan fingerprint density at radius 1 is 1.29 bits per heavy atom. The molecule has 0 aliphatic heterocycles. The van der Waals surface area contributed by atoms with Crippen LogP contribution < -0.4 is 0 Å². The van der Waals surface area contributed by atoms with Crippen LogP contribution in [0.5, 0.6) is 0 Å². The molecule has 0 bridgehead atoms. The van der Waals surface area contributed by atoms with Crippen molar-refractivity contribution in [2.24, 2.45) is 5.92 Å². The lowest BCUT2D eigenvalue weighted by Gasteiger charge is -2.14. The summed E-state index contributed by atoms with van der Waals surface area (Å²) in [7, 11) is 0. The van der Waals surface area contributed by atoms with Crippen molar-refractivity contribution in [2.75, 3.05) is 0 Å². The van der Waals surface area contributed by atoms with E-state index in [1.165, 1.54) is 9.75 Å². The van der Waals surface area contributed by atoms with Gasteiger partial charge in [0.25, 0.3) is 0 Å². The average molecular weight is 231 g/mol. The second-order valence-corrected chi connectivity index (χ2v) is 5.64. The van der Waals surface area contributed by atoms with Gasteiger partial charge in [-0.15, -0.1) is 22.9 Å². The Morgan fingerprint density at radius 2 is 1.93 bits per heavy atom. The van der Waals surface area contributed by atoms with E-state index in [-0.39, 0.29) is 0 Å². The highest BCUT2D eigenvalue weighted by Gasteiger charge is 2.13. The van der Waals surface area contributed by atoms with Crippen LogP contribution in [0.2, 0.25) is 0 Å². The topological polar surface area (TPSA) is 0 Å². The van der Waals surface area contributed by atoms with Gasteiger partial charge in [-0.2, -0.15) is 0 Å². The summed E-state index contributed by atoms with van der Waals surface area (Å²) in [5.41, 5.74) is 0. The molecule has 0 radical (unpaired) electrons. The van der Waals surface area contributed by atoms with Crippen molar-refractivity contribution in [1.82, 2.24) is 0 Å². The first kappa shape index (κ1) is 12.1. The van der Waals surface area contributed by atoms with Gasteiger partial charge in [0.1, 0.15) is 0 Å². The lowest BCUT2D eigenvalue weighted by atomic mass is 10.0. The van der Waals surface area contributed by atoms with Gasteiger partial charge in [-0.25, -0.2) is 0 Å². The van der Waals surface area contributed by atoms with Gasteiger partial charge in [-0.3, -0.25) is 0 Å². The van der Waals surface area contributed by atoms with E-state index in [2.05, 4.69) is 32.9 Å². The Bertz CT molecular complexity index is 267.